The van der Waals surface area contributed by atoms with Gasteiger partial charge < -0.3 is 0 Å². The summed E-state index contributed by atoms with van der Waals surface area (Å²) < 4.78 is 10.8. The minimum Gasteiger partial charge on any atom is -0.137 e. The van der Waals surface area contributed by atoms with Gasteiger partial charge in [-0.15, -0.1) is 56.7 Å². The van der Waals surface area contributed by atoms with Gasteiger partial charge >= 0.3 is 0 Å². The third-order valence-electron chi connectivity index (χ3n) is 3.46. The van der Waals surface area contributed by atoms with Crippen molar-refractivity contribution in [2.45, 2.75) is 33.7 Å². The Morgan fingerprint density at radius 2 is 0.690 bits per heavy atom. The van der Waals surface area contributed by atoms with E-state index in [1.54, 1.807) is 22.7 Å². The average molecular weight is 541 g/mol. The Morgan fingerprint density at radius 1 is 0.379 bits per heavy atom. The number of thiophene rings is 5. The van der Waals surface area contributed by atoms with E-state index < -0.39 is 0 Å². The second-order valence-electron chi connectivity index (χ2n) is 5.49. The molecule has 0 fully saturated rings. The maximum Gasteiger partial charge on any atom is 0.0666 e. The first kappa shape index (κ1) is 20.8. The Morgan fingerprint density at radius 3 is 0.966 bits per heavy atom. The summed E-state index contributed by atoms with van der Waals surface area (Å²) in [6, 6.07) is 22.0. The summed E-state index contributed by atoms with van der Waals surface area (Å²) in [6.07, 6.45) is 0. The van der Waals surface area contributed by atoms with Crippen molar-refractivity contribution in [3.8, 4) is 0 Å². The summed E-state index contributed by atoms with van der Waals surface area (Å²) in [5, 5.41) is 4.27. The van der Waals surface area contributed by atoms with Gasteiger partial charge in [-0.1, -0.05) is 59.2 Å². The van der Waals surface area contributed by atoms with Crippen molar-refractivity contribution < 1.29 is 0 Å². The van der Waals surface area contributed by atoms with Gasteiger partial charge in [0.15, 0.2) is 0 Å². The van der Waals surface area contributed by atoms with Crippen LogP contribution in [0.2, 0.25) is 0 Å². The molecule has 0 aliphatic rings. The summed E-state index contributed by atoms with van der Waals surface area (Å²) in [5.41, 5.74) is 0. The summed E-state index contributed by atoms with van der Waals surface area (Å²) in [4.78, 5) is 0. The monoisotopic (exact) mass is 540 g/mol. The Balaban J connectivity index is 1.19. The van der Waals surface area contributed by atoms with Crippen molar-refractivity contribution in [2.24, 2.45) is 0 Å². The first-order chi connectivity index (χ1) is 14.3. The molecular formula is C20H12S9. The van der Waals surface area contributed by atoms with E-state index in [1.165, 1.54) is 33.7 Å². The van der Waals surface area contributed by atoms with Crippen molar-refractivity contribution in [3.05, 3.63) is 71.4 Å². The summed E-state index contributed by atoms with van der Waals surface area (Å²) >= 11 is 16.7. The molecule has 0 amide bonds. The van der Waals surface area contributed by atoms with E-state index in [1.807, 2.05) is 81.1 Å². The van der Waals surface area contributed by atoms with Gasteiger partial charge in [-0.2, -0.15) is 0 Å². The Labute approximate surface area is 206 Å². The van der Waals surface area contributed by atoms with Crippen molar-refractivity contribution >= 4 is 104 Å². The van der Waals surface area contributed by atoms with Gasteiger partial charge in [-0.25, -0.2) is 0 Å². The third-order valence-corrected chi connectivity index (χ3v) is 13.6. The Bertz CT molecular complexity index is 1070. The number of rotatable bonds is 8. The van der Waals surface area contributed by atoms with Crippen molar-refractivity contribution in [3.63, 3.8) is 0 Å². The van der Waals surface area contributed by atoms with Crippen LogP contribution in [0, 0.1) is 0 Å². The second-order valence-corrected chi connectivity index (χ2v) is 17.0. The fourth-order valence-corrected chi connectivity index (χ4v) is 13.1. The molecule has 0 radical (unpaired) electrons. The molecule has 0 atom stereocenters. The molecule has 9 heteroatoms. The van der Waals surface area contributed by atoms with Crippen LogP contribution < -0.4 is 0 Å². The van der Waals surface area contributed by atoms with Gasteiger partial charge in [0.05, 0.1) is 33.7 Å². The van der Waals surface area contributed by atoms with E-state index in [9.17, 15) is 0 Å². The summed E-state index contributed by atoms with van der Waals surface area (Å²) in [7, 11) is 0. The average Bonchev–Trinajstić information content (AvgIpc) is 3.51. The molecule has 0 N–H and O–H groups in total. The minimum atomic E-state index is 1.35. The molecular weight excluding hydrogens is 529 g/mol. The maximum absolute atomic E-state index is 2.25. The van der Waals surface area contributed by atoms with Gasteiger partial charge in [0.1, 0.15) is 0 Å². The first-order valence-electron chi connectivity index (χ1n) is 8.38. The zero-order chi connectivity index (χ0) is 19.5. The quantitative estimate of drug-likeness (QED) is 0.192. The largest absolute Gasteiger partial charge is 0.137 e. The van der Waals surface area contributed by atoms with E-state index >= 15 is 0 Å². The van der Waals surface area contributed by atoms with Crippen LogP contribution in [0.1, 0.15) is 0 Å². The minimum absolute atomic E-state index is 1.35. The summed E-state index contributed by atoms with van der Waals surface area (Å²) in [6.45, 7) is 0. The number of hydrogen-bond acceptors (Lipinski definition) is 9. The zero-order valence-electron chi connectivity index (χ0n) is 14.6. The predicted molar refractivity (Wildman–Crippen MR) is 138 cm³/mol. The molecule has 5 rings (SSSR count). The van der Waals surface area contributed by atoms with Gasteiger partial charge in [0, 0.05) is 0 Å². The predicted octanol–water partition coefficient (Wildman–Crippen LogP) is 10.6. The van der Waals surface area contributed by atoms with Crippen molar-refractivity contribution in [1.29, 1.82) is 0 Å². The molecule has 29 heavy (non-hydrogen) atoms. The lowest BCUT2D eigenvalue weighted by Gasteiger charge is -1.95. The smallest absolute Gasteiger partial charge is 0.0666 e. The molecule has 0 saturated heterocycles. The molecule has 0 aromatic carbocycles. The Hall–Kier alpha value is -0.100. The van der Waals surface area contributed by atoms with Gasteiger partial charge in [-0.05, 0) is 59.3 Å². The van der Waals surface area contributed by atoms with Crippen LogP contribution in [0.5, 0.6) is 0 Å². The third kappa shape index (κ3) is 5.78. The molecule has 5 heterocycles. The molecule has 0 aliphatic heterocycles. The fourth-order valence-electron chi connectivity index (χ4n) is 2.28. The maximum atomic E-state index is 2.25. The normalized spacial score (nSPS) is 11.3. The fraction of sp³-hybridized carbons (Fsp3) is 0. The van der Waals surface area contributed by atoms with Crippen LogP contribution in [-0.2, 0) is 0 Å². The molecule has 5 aromatic rings. The van der Waals surface area contributed by atoms with Crippen LogP contribution in [0.15, 0.2) is 105 Å². The molecule has 0 nitrogen and oxygen atoms in total. The van der Waals surface area contributed by atoms with E-state index in [2.05, 4.69) is 71.4 Å². The molecule has 0 spiro atoms. The summed E-state index contributed by atoms with van der Waals surface area (Å²) in [5.74, 6) is 0. The van der Waals surface area contributed by atoms with Gasteiger partial charge in [-0.3, -0.25) is 0 Å². The molecule has 0 unspecified atom stereocenters. The molecule has 5 aromatic heterocycles. The molecule has 0 bridgehead atoms. The van der Waals surface area contributed by atoms with E-state index in [0.29, 0.717) is 0 Å². The zero-order valence-corrected chi connectivity index (χ0v) is 22.0. The van der Waals surface area contributed by atoms with Crippen LogP contribution in [0.3, 0.4) is 0 Å². The Kier molecular flexibility index (Phi) is 7.18. The molecule has 0 aliphatic carbocycles. The molecule has 0 saturated carbocycles. The SMILES string of the molecule is c1csc(Sc2ccc(Sc3ccc(Sc4ccc(Sc5cccs5)s4)s3)s2)c1. The van der Waals surface area contributed by atoms with Gasteiger partial charge in [0.2, 0.25) is 0 Å². The highest BCUT2D eigenvalue weighted by Gasteiger charge is 2.10. The lowest BCUT2D eigenvalue weighted by Crippen LogP contribution is -1.57. The highest BCUT2D eigenvalue weighted by molar-refractivity contribution is 8.06. The van der Waals surface area contributed by atoms with Crippen LogP contribution in [-0.4, -0.2) is 0 Å². The molecule has 146 valence electrons. The lowest BCUT2D eigenvalue weighted by molar-refractivity contribution is 1.62. The van der Waals surface area contributed by atoms with E-state index in [4.69, 9.17) is 0 Å². The lowest BCUT2D eigenvalue weighted by atomic mass is 10.7. The second kappa shape index (κ2) is 10.0. The van der Waals surface area contributed by atoms with Crippen molar-refractivity contribution in [2.75, 3.05) is 0 Å². The van der Waals surface area contributed by atoms with Crippen LogP contribution in [0.25, 0.3) is 0 Å². The highest BCUT2D eigenvalue weighted by Crippen LogP contribution is 2.46. The van der Waals surface area contributed by atoms with Crippen LogP contribution in [0.4, 0.5) is 0 Å². The number of hydrogen-bond donors (Lipinski definition) is 0. The standard InChI is InChI=1S/C20H12S9/c1-3-13(21-11-1)23-15-5-7-17(25-15)27-19-9-10-20(29-19)28-18-8-6-16(26-18)24-14-4-2-12-22-14/h1-12H. The van der Waals surface area contributed by atoms with Crippen LogP contribution >= 0.6 is 104 Å². The topological polar surface area (TPSA) is 0 Å². The van der Waals surface area contributed by atoms with E-state index in [-0.39, 0.29) is 0 Å². The highest BCUT2D eigenvalue weighted by atomic mass is 32.2. The van der Waals surface area contributed by atoms with Crippen molar-refractivity contribution in [1.82, 2.24) is 0 Å². The van der Waals surface area contributed by atoms with E-state index in [0.717, 1.165) is 0 Å². The first-order valence-corrected chi connectivity index (χ1v) is 15.9. The van der Waals surface area contributed by atoms with Gasteiger partial charge in [0.25, 0.3) is 0 Å².